The first-order chi connectivity index (χ1) is 13.1. The zero-order valence-electron chi connectivity index (χ0n) is 15.0. The van der Waals surface area contributed by atoms with Gasteiger partial charge in [0.1, 0.15) is 0 Å². The monoisotopic (exact) mass is 365 g/mol. The van der Waals surface area contributed by atoms with Crippen LogP contribution in [0.25, 0.3) is 0 Å². The van der Waals surface area contributed by atoms with Crippen LogP contribution >= 0.6 is 0 Å². The van der Waals surface area contributed by atoms with Crippen LogP contribution in [0.15, 0.2) is 54.6 Å². The highest BCUT2D eigenvalue weighted by Gasteiger charge is 2.22. The molecule has 0 spiro atoms. The molecule has 0 radical (unpaired) electrons. The Bertz CT molecular complexity index is 814. The van der Waals surface area contributed by atoms with E-state index in [1.807, 2.05) is 30.3 Å². The van der Waals surface area contributed by atoms with E-state index < -0.39 is 11.8 Å². The summed E-state index contributed by atoms with van der Waals surface area (Å²) < 4.78 is 0. The zero-order valence-corrected chi connectivity index (χ0v) is 15.0. The Hall–Kier alpha value is -3.15. The second-order valence-electron chi connectivity index (χ2n) is 6.62. The van der Waals surface area contributed by atoms with E-state index in [2.05, 4.69) is 16.0 Å². The molecule has 140 valence electrons. The molecule has 0 heterocycles. The topological polar surface area (TPSA) is 87.3 Å². The lowest BCUT2D eigenvalue weighted by molar-refractivity contribution is -0.136. The Morgan fingerprint density at radius 2 is 1.52 bits per heavy atom. The molecule has 0 saturated heterocycles. The Morgan fingerprint density at radius 1 is 0.852 bits per heavy atom. The normalized spacial score (nSPS) is 13.8. The van der Waals surface area contributed by atoms with Crippen molar-refractivity contribution < 1.29 is 14.4 Å². The number of benzene rings is 2. The molecule has 1 aliphatic carbocycles. The maximum atomic E-state index is 12.5. The molecule has 27 heavy (non-hydrogen) atoms. The first kappa shape index (κ1) is 18.6. The van der Waals surface area contributed by atoms with Crippen LogP contribution in [0.2, 0.25) is 0 Å². The fourth-order valence-electron chi connectivity index (χ4n) is 3.16. The molecule has 6 heteroatoms. The minimum Gasteiger partial charge on any atom is -0.348 e. The molecule has 0 bridgehead atoms. The molecule has 1 saturated carbocycles. The highest BCUT2D eigenvalue weighted by Crippen LogP contribution is 2.18. The molecular weight excluding hydrogens is 342 g/mol. The van der Waals surface area contributed by atoms with Crippen LogP contribution < -0.4 is 16.0 Å². The Kier molecular flexibility index (Phi) is 6.20. The largest absolute Gasteiger partial charge is 0.348 e. The SMILES string of the molecule is O=C(Nc1ccccc1C(=O)NCc1ccccc1)C(=O)NC1CCCC1. The van der Waals surface area contributed by atoms with Crippen molar-refractivity contribution in [2.24, 2.45) is 0 Å². The average Bonchev–Trinajstić information content (AvgIpc) is 3.20. The van der Waals surface area contributed by atoms with E-state index in [-0.39, 0.29) is 11.9 Å². The van der Waals surface area contributed by atoms with Crippen molar-refractivity contribution in [2.45, 2.75) is 38.3 Å². The van der Waals surface area contributed by atoms with Crippen molar-refractivity contribution in [3.63, 3.8) is 0 Å². The summed E-state index contributed by atoms with van der Waals surface area (Å²) in [6.45, 7) is 0.379. The van der Waals surface area contributed by atoms with Gasteiger partial charge in [-0.3, -0.25) is 14.4 Å². The molecule has 0 aromatic heterocycles. The molecule has 3 rings (SSSR count). The summed E-state index contributed by atoms with van der Waals surface area (Å²) in [4.78, 5) is 36.8. The van der Waals surface area contributed by atoms with E-state index in [4.69, 9.17) is 0 Å². The van der Waals surface area contributed by atoms with Gasteiger partial charge in [-0.15, -0.1) is 0 Å². The van der Waals surface area contributed by atoms with Gasteiger partial charge in [-0.25, -0.2) is 0 Å². The van der Waals surface area contributed by atoms with Crippen molar-refractivity contribution in [1.29, 1.82) is 0 Å². The highest BCUT2D eigenvalue weighted by molar-refractivity contribution is 6.40. The molecule has 1 aliphatic rings. The lowest BCUT2D eigenvalue weighted by Crippen LogP contribution is -2.40. The number of carbonyl (C=O) groups is 3. The van der Waals surface area contributed by atoms with Gasteiger partial charge in [0.05, 0.1) is 11.3 Å². The molecule has 0 atom stereocenters. The van der Waals surface area contributed by atoms with Gasteiger partial charge in [0.2, 0.25) is 0 Å². The maximum absolute atomic E-state index is 12.5. The van der Waals surface area contributed by atoms with Gasteiger partial charge in [-0.1, -0.05) is 55.3 Å². The van der Waals surface area contributed by atoms with Gasteiger partial charge < -0.3 is 16.0 Å². The number of carbonyl (C=O) groups excluding carboxylic acids is 3. The summed E-state index contributed by atoms with van der Waals surface area (Å²) in [5, 5.41) is 8.12. The number of rotatable bonds is 5. The van der Waals surface area contributed by atoms with E-state index >= 15 is 0 Å². The van der Waals surface area contributed by atoms with Crippen molar-refractivity contribution in [2.75, 3.05) is 5.32 Å². The molecule has 2 aromatic carbocycles. The van der Waals surface area contributed by atoms with E-state index in [0.29, 0.717) is 17.8 Å². The quantitative estimate of drug-likeness (QED) is 0.712. The predicted octanol–water partition coefficient (Wildman–Crippen LogP) is 2.61. The predicted molar refractivity (Wildman–Crippen MR) is 103 cm³/mol. The smallest absolute Gasteiger partial charge is 0.313 e. The molecule has 0 unspecified atom stereocenters. The van der Waals surface area contributed by atoms with Crippen LogP contribution in [0.1, 0.15) is 41.6 Å². The van der Waals surface area contributed by atoms with Crippen LogP contribution in [-0.2, 0) is 16.1 Å². The van der Waals surface area contributed by atoms with Gasteiger partial charge in [0.15, 0.2) is 0 Å². The number of hydrogen-bond donors (Lipinski definition) is 3. The van der Waals surface area contributed by atoms with Crippen molar-refractivity contribution in [1.82, 2.24) is 10.6 Å². The molecule has 1 fully saturated rings. The zero-order chi connectivity index (χ0) is 19.1. The second-order valence-corrected chi connectivity index (χ2v) is 6.62. The van der Waals surface area contributed by atoms with E-state index in [1.54, 1.807) is 24.3 Å². The van der Waals surface area contributed by atoms with Crippen LogP contribution in [0, 0.1) is 0 Å². The number of para-hydroxylation sites is 1. The average molecular weight is 365 g/mol. The number of anilines is 1. The number of amides is 3. The van der Waals surface area contributed by atoms with Crippen LogP contribution in [0.5, 0.6) is 0 Å². The van der Waals surface area contributed by atoms with Gasteiger partial charge in [0.25, 0.3) is 5.91 Å². The van der Waals surface area contributed by atoms with E-state index in [0.717, 1.165) is 31.2 Å². The lowest BCUT2D eigenvalue weighted by Gasteiger charge is -2.13. The van der Waals surface area contributed by atoms with Gasteiger partial charge in [-0.2, -0.15) is 0 Å². The minimum absolute atomic E-state index is 0.0627. The first-order valence-corrected chi connectivity index (χ1v) is 9.16. The van der Waals surface area contributed by atoms with Crippen molar-refractivity contribution in [3.05, 3.63) is 65.7 Å². The Morgan fingerprint density at radius 3 is 2.26 bits per heavy atom. The number of hydrogen-bond acceptors (Lipinski definition) is 3. The van der Waals surface area contributed by atoms with E-state index in [1.165, 1.54) is 0 Å². The third-order valence-electron chi connectivity index (χ3n) is 4.61. The highest BCUT2D eigenvalue weighted by atomic mass is 16.2. The summed E-state index contributed by atoms with van der Waals surface area (Å²) in [5.41, 5.74) is 1.60. The summed E-state index contributed by atoms with van der Waals surface area (Å²) in [6, 6.07) is 16.3. The van der Waals surface area contributed by atoms with Crippen LogP contribution in [-0.4, -0.2) is 23.8 Å². The molecule has 0 aliphatic heterocycles. The first-order valence-electron chi connectivity index (χ1n) is 9.16. The summed E-state index contributed by atoms with van der Waals surface area (Å²) in [7, 11) is 0. The van der Waals surface area contributed by atoms with Gasteiger partial charge in [-0.05, 0) is 30.5 Å². The molecule has 3 N–H and O–H groups in total. The second kappa shape index (κ2) is 8.98. The lowest BCUT2D eigenvalue weighted by atomic mass is 10.1. The molecule has 6 nitrogen and oxygen atoms in total. The Labute approximate surface area is 158 Å². The standard InChI is InChI=1S/C21H23N3O3/c25-19(22-14-15-8-2-1-3-9-15)17-12-6-7-13-18(17)24-21(27)20(26)23-16-10-4-5-11-16/h1-3,6-9,12-13,16H,4-5,10-11,14H2,(H,22,25)(H,23,26)(H,24,27). The van der Waals surface area contributed by atoms with Gasteiger partial charge in [0, 0.05) is 12.6 Å². The van der Waals surface area contributed by atoms with Crippen LogP contribution in [0.4, 0.5) is 5.69 Å². The third kappa shape index (κ3) is 5.17. The summed E-state index contributed by atoms with van der Waals surface area (Å²) in [6.07, 6.45) is 3.93. The fraction of sp³-hybridized carbons (Fsp3) is 0.286. The fourth-order valence-corrected chi connectivity index (χ4v) is 3.16. The molecule has 2 aromatic rings. The summed E-state index contributed by atoms with van der Waals surface area (Å²) in [5.74, 6) is -1.74. The Balaban J connectivity index is 1.61. The summed E-state index contributed by atoms with van der Waals surface area (Å²) >= 11 is 0. The maximum Gasteiger partial charge on any atom is 0.313 e. The van der Waals surface area contributed by atoms with Crippen LogP contribution in [0.3, 0.4) is 0 Å². The van der Waals surface area contributed by atoms with Gasteiger partial charge >= 0.3 is 11.8 Å². The van der Waals surface area contributed by atoms with Crippen molar-refractivity contribution in [3.8, 4) is 0 Å². The van der Waals surface area contributed by atoms with E-state index in [9.17, 15) is 14.4 Å². The minimum atomic E-state index is -0.759. The number of nitrogens with one attached hydrogen (secondary N) is 3. The van der Waals surface area contributed by atoms with Crippen molar-refractivity contribution >= 4 is 23.4 Å². The molecular formula is C21H23N3O3. The third-order valence-corrected chi connectivity index (χ3v) is 4.61. The molecule has 3 amide bonds.